The van der Waals surface area contributed by atoms with Crippen LogP contribution in [0.2, 0.25) is 10.0 Å². The fraction of sp³-hybridized carbons (Fsp3) is 0.190. The first-order valence-corrected chi connectivity index (χ1v) is 9.49. The van der Waals surface area contributed by atoms with Crippen LogP contribution in [0.1, 0.15) is 23.0 Å². The number of carbonyl (C=O) groups is 1. The molecule has 0 aliphatic carbocycles. The van der Waals surface area contributed by atoms with Crippen molar-refractivity contribution < 1.29 is 27.8 Å². The van der Waals surface area contributed by atoms with E-state index >= 15 is 0 Å². The van der Waals surface area contributed by atoms with E-state index in [2.05, 4.69) is 4.74 Å². The van der Waals surface area contributed by atoms with Crippen LogP contribution in [-0.4, -0.2) is 27.9 Å². The summed E-state index contributed by atoms with van der Waals surface area (Å²) in [5.41, 5.74) is 1.94. The maximum atomic E-state index is 13.5. The van der Waals surface area contributed by atoms with Gasteiger partial charge in [-0.2, -0.15) is 8.78 Å². The molecule has 1 unspecified atom stereocenters. The molecule has 0 aliphatic heterocycles. The first-order valence-electron chi connectivity index (χ1n) is 8.73. The average Bonchev–Trinajstić information content (AvgIpc) is 2.99. The standard InChI is InChI=1S/C21H16Cl2F3NO3/c1-11-17(20(28)29)10-19(16-8-3-13(22)9-18(16)23)27(11)14-4-6-15(7-5-14)30-21(25,26)12(2)24/h3-10,12H,1-2H3,(H,28,29). The van der Waals surface area contributed by atoms with E-state index in [0.29, 0.717) is 39.6 Å². The molecule has 30 heavy (non-hydrogen) atoms. The van der Waals surface area contributed by atoms with E-state index in [4.69, 9.17) is 23.2 Å². The van der Waals surface area contributed by atoms with Gasteiger partial charge in [0.05, 0.1) is 16.3 Å². The highest BCUT2D eigenvalue weighted by atomic mass is 35.5. The lowest BCUT2D eigenvalue weighted by Crippen LogP contribution is -2.34. The number of ether oxygens (including phenoxy) is 1. The minimum atomic E-state index is -3.97. The zero-order valence-electron chi connectivity index (χ0n) is 15.8. The molecule has 3 rings (SSSR count). The molecule has 0 saturated carbocycles. The molecule has 0 radical (unpaired) electrons. The topological polar surface area (TPSA) is 51.5 Å². The number of rotatable bonds is 6. The van der Waals surface area contributed by atoms with E-state index in [1.165, 1.54) is 36.4 Å². The van der Waals surface area contributed by atoms with Gasteiger partial charge in [-0.3, -0.25) is 0 Å². The first kappa shape index (κ1) is 22.1. The zero-order chi connectivity index (χ0) is 22.2. The van der Waals surface area contributed by atoms with Gasteiger partial charge in [-0.15, -0.1) is 0 Å². The third kappa shape index (κ3) is 4.27. The van der Waals surface area contributed by atoms with Crippen LogP contribution in [0.4, 0.5) is 13.2 Å². The molecule has 0 bridgehead atoms. The molecule has 0 fully saturated rings. The monoisotopic (exact) mass is 457 g/mol. The van der Waals surface area contributed by atoms with Crippen LogP contribution in [0.15, 0.2) is 48.5 Å². The fourth-order valence-electron chi connectivity index (χ4n) is 2.95. The van der Waals surface area contributed by atoms with Gasteiger partial charge in [0.25, 0.3) is 0 Å². The summed E-state index contributed by atoms with van der Waals surface area (Å²) in [6, 6.07) is 11.7. The van der Waals surface area contributed by atoms with Crippen LogP contribution in [0.3, 0.4) is 0 Å². The van der Waals surface area contributed by atoms with E-state index in [-0.39, 0.29) is 11.3 Å². The second-order valence-corrected chi connectivity index (χ2v) is 7.41. The number of halogens is 5. The Kier molecular flexibility index (Phi) is 6.06. The SMILES string of the molecule is Cc1c(C(=O)O)cc(-c2ccc(Cl)cc2Cl)n1-c1ccc(OC(F)(F)C(C)F)cc1. The molecule has 0 saturated heterocycles. The highest BCUT2D eigenvalue weighted by Gasteiger charge is 2.39. The average molecular weight is 458 g/mol. The van der Waals surface area contributed by atoms with Crippen molar-refractivity contribution in [3.05, 3.63) is 69.8 Å². The number of hydrogen-bond acceptors (Lipinski definition) is 2. The van der Waals surface area contributed by atoms with Crippen LogP contribution in [0.25, 0.3) is 16.9 Å². The van der Waals surface area contributed by atoms with Gasteiger partial charge in [0, 0.05) is 22.0 Å². The van der Waals surface area contributed by atoms with Gasteiger partial charge in [-0.1, -0.05) is 23.2 Å². The summed E-state index contributed by atoms with van der Waals surface area (Å²) in [4.78, 5) is 11.7. The van der Waals surface area contributed by atoms with Crippen LogP contribution in [0.5, 0.6) is 5.75 Å². The Morgan fingerprint density at radius 3 is 2.30 bits per heavy atom. The first-order chi connectivity index (χ1) is 14.0. The summed E-state index contributed by atoms with van der Waals surface area (Å²) in [5, 5.41) is 10.3. The van der Waals surface area contributed by atoms with Gasteiger partial charge in [-0.05, 0) is 62.4 Å². The fourth-order valence-corrected chi connectivity index (χ4v) is 3.46. The van der Waals surface area contributed by atoms with Crippen molar-refractivity contribution in [1.82, 2.24) is 4.57 Å². The van der Waals surface area contributed by atoms with Gasteiger partial charge in [-0.25, -0.2) is 9.18 Å². The van der Waals surface area contributed by atoms with Crippen molar-refractivity contribution >= 4 is 29.2 Å². The van der Waals surface area contributed by atoms with Crippen molar-refractivity contribution in [3.63, 3.8) is 0 Å². The molecule has 1 aromatic heterocycles. The molecular formula is C21H16Cl2F3NO3. The highest BCUT2D eigenvalue weighted by molar-refractivity contribution is 6.36. The lowest BCUT2D eigenvalue weighted by Gasteiger charge is -2.19. The lowest BCUT2D eigenvalue weighted by molar-refractivity contribution is -0.215. The third-order valence-corrected chi connectivity index (χ3v) is 5.04. The number of carboxylic acids is 1. The number of aromatic nitrogens is 1. The Hall–Kier alpha value is -2.64. The van der Waals surface area contributed by atoms with Gasteiger partial charge in [0.15, 0.2) is 0 Å². The number of aromatic carboxylic acids is 1. The minimum Gasteiger partial charge on any atom is -0.478 e. The summed E-state index contributed by atoms with van der Waals surface area (Å²) in [6.45, 7) is 2.31. The van der Waals surface area contributed by atoms with Crippen LogP contribution in [0, 0.1) is 6.92 Å². The summed E-state index contributed by atoms with van der Waals surface area (Å²) in [5.74, 6) is -1.36. The predicted octanol–water partition coefficient (Wildman–Crippen LogP) is 6.79. The van der Waals surface area contributed by atoms with E-state index in [0.717, 1.165) is 0 Å². The molecule has 1 heterocycles. The van der Waals surface area contributed by atoms with Crippen LogP contribution < -0.4 is 4.74 Å². The largest absolute Gasteiger partial charge is 0.478 e. The molecule has 0 spiro atoms. The van der Waals surface area contributed by atoms with E-state index in [1.807, 2.05) is 0 Å². The number of benzene rings is 2. The Morgan fingerprint density at radius 2 is 1.77 bits per heavy atom. The van der Waals surface area contributed by atoms with E-state index in [9.17, 15) is 23.1 Å². The Labute approximate surface area is 180 Å². The second kappa shape index (κ2) is 8.24. The Morgan fingerprint density at radius 1 is 1.13 bits per heavy atom. The lowest BCUT2D eigenvalue weighted by atomic mass is 10.1. The molecule has 2 aromatic carbocycles. The van der Waals surface area contributed by atoms with Crippen molar-refractivity contribution in [2.75, 3.05) is 0 Å². The van der Waals surface area contributed by atoms with Gasteiger partial charge >= 0.3 is 12.1 Å². The molecule has 4 nitrogen and oxygen atoms in total. The van der Waals surface area contributed by atoms with E-state index < -0.39 is 18.2 Å². The maximum Gasteiger partial charge on any atom is 0.429 e. The molecular weight excluding hydrogens is 442 g/mol. The predicted molar refractivity (Wildman–Crippen MR) is 109 cm³/mol. The summed E-state index contributed by atoms with van der Waals surface area (Å²) in [7, 11) is 0. The normalized spacial score (nSPS) is 12.6. The second-order valence-electron chi connectivity index (χ2n) is 6.57. The highest BCUT2D eigenvalue weighted by Crippen LogP contribution is 2.36. The van der Waals surface area contributed by atoms with Crippen molar-refractivity contribution in [1.29, 1.82) is 0 Å². The minimum absolute atomic E-state index is 0.0501. The molecule has 3 aromatic rings. The quantitative estimate of drug-likeness (QED) is 0.443. The zero-order valence-corrected chi connectivity index (χ0v) is 17.3. The van der Waals surface area contributed by atoms with Gasteiger partial charge < -0.3 is 14.4 Å². The molecule has 1 N–H and O–H groups in total. The van der Waals surface area contributed by atoms with Gasteiger partial charge in [0.1, 0.15) is 5.75 Å². The molecule has 9 heteroatoms. The number of nitrogens with zero attached hydrogens (tertiary/aromatic N) is 1. The molecule has 158 valence electrons. The smallest absolute Gasteiger partial charge is 0.429 e. The maximum absolute atomic E-state index is 13.5. The number of alkyl halides is 3. The van der Waals surface area contributed by atoms with Crippen molar-refractivity contribution in [3.8, 4) is 22.7 Å². The molecule has 0 aliphatic rings. The van der Waals surface area contributed by atoms with Crippen LogP contribution in [-0.2, 0) is 0 Å². The molecule has 0 amide bonds. The molecule has 1 atom stereocenters. The van der Waals surface area contributed by atoms with Crippen molar-refractivity contribution in [2.45, 2.75) is 26.1 Å². The Bertz CT molecular complexity index is 1100. The number of hydrogen-bond donors (Lipinski definition) is 1. The summed E-state index contributed by atoms with van der Waals surface area (Å²) < 4.78 is 46.0. The van der Waals surface area contributed by atoms with Crippen LogP contribution >= 0.6 is 23.2 Å². The summed E-state index contributed by atoms with van der Waals surface area (Å²) in [6.07, 6.45) is -6.45. The third-order valence-electron chi connectivity index (χ3n) is 4.50. The van der Waals surface area contributed by atoms with Crippen molar-refractivity contribution in [2.24, 2.45) is 0 Å². The Balaban J connectivity index is 2.10. The summed E-state index contributed by atoms with van der Waals surface area (Å²) >= 11 is 12.3. The van der Waals surface area contributed by atoms with Gasteiger partial charge in [0.2, 0.25) is 6.17 Å². The number of carboxylic acid groups (broad SMARTS) is 1. The van der Waals surface area contributed by atoms with E-state index in [1.54, 1.807) is 23.6 Å².